The SMILES string of the molecule is CCCC1(C(=O)Nc2cc(F)c(Br)cc2C)CCNC1. The van der Waals surface area contributed by atoms with E-state index in [2.05, 4.69) is 33.5 Å². The van der Waals surface area contributed by atoms with Gasteiger partial charge in [0.05, 0.1) is 9.89 Å². The van der Waals surface area contributed by atoms with E-state index < -0.39 is 0 Å². The van der Waals surface area contributed by atoms with Crippen LogP contribution in [0.1, 0.15) is 31.7 Å². The molecular formula is C15H20BrFN2O. The summed E-state index contributed by atoms with van der Waals surface area (Å²) in [6.07, 6.45) is 2.65. The molecule has 3 nitrogen and oxygen atoms in total. The molecule has 1 saturated heterocycles. The predicted octanol–water partition coefficient (Wildman–Crippen LogP) is 3.61. The number of carbonyl (C=O) groups is 1. The largest absolute Gasteiger partial charge is 0.325 e. The summed E-state index contributed by atoms with van der Waals surface area (Å²) in [6.45, 7) is 5.50. The van der Waals surface area contributed by atoms with E-state index in [4.69, 9.17) is 0 Å². The van der Waals surface area contributed by atoms with Gasteiger partial charge in [0, 0.05) is 12.2 Å². The Bertz CT molecular complexity index is 513. The molecule has 1 aromatic carbocycles. The second-order valence-electron chi connectivity index (χ2n) is 5.49. The lowest BCUT2D eigenvalue weighted by Gasteiger charge is -2.27. The zero-order valence-electron chi connectivity index (χ0n) is 11.9. The lowest BCUT2D eigenvalue weighted by atomic mass is 9.81. The third kappa shape index (κ3) is 3.04. The number of hydrogen-bond donors (Lipinski definition) is 2. The summed E-state index contributed by atoms with van der Waals surface area (Å²) < 4.78 is 14.0. The number of amides is 1. The van der Waals surface area contributed by atoms with Gasteiger partial charge in [0.2, 0.25) is 5.91 Å². The Morgan fingerprint density at radius 3 is 2.90 bits per heavy atom. The fourth-order valence-corrected chi connectivity index (χ4v) is 3.24. The van der Waals surface area contributed by atoms with Gasteiger partial charge in [0.25, 0.3) is 0 Å². The molecule has 1 fully saturated rings. The van der Waals surface area contributed by atoms with Crippen molar-refractivity contribution < 1.29 is 9.18 Å². The standard InChI is InChI=1S/C15H20BrFN2O/c1-3-4-15(5-6-18-9-15)14(20)19-13-8-12(17)11(16)7-10(13)2/h7-8,18H,3-6,9H2,1-2H3,(H,19,20). The molecule has 0 saturated carbocycles. The van der Waals surface area contributed by atoms with Gasteiger partial charge in [-0.2, -0.15) is 0 Å². The summed E-state index contributed by atoms with van der Waals surface area (Å²) >= 11 is 3.15. The van der Waals surface area contributed by atoms with Crippen LogP contribution in [0.2, 0.25) is 0 Å². The number of halogens is 2. The van der Waals surface area contributed by atoms with Crippen LogP contribution in [-0.2, 0) is 4.79 Å². The zero-order chi connectivity index (χ0) is 14.8. The van der Waals surface area contributed by atoms with Crippen LogP contribution < -0.4 is 10.6 Å². The van der Waals surface area contributed by atoms with Gasteiger partial charge in [-0.05, 0) is 59.9 Å². The molecule has 1 aliphatic rings. The first-order chi connectivity index (χ1) is 9.48. The minimum atomic E-state index is -0.361. The normalized spacial score (nSPS) is 22.0. The summed E-state index contributed by atoms with van der Waals surface area (Å²) in [5.41, 5.74) is 1.05. The third-order valence-corrected chi connectivity index (χ3v) is 4.58. The molecule has 1 aromatic rings. The van der Waals surface area contributed by atoms with E-state index in [1.54, 1.807) is 6.07 Å². The molecule has 0 radical (unpaired) electrons. The van der Waals surface area contributed by atoms with E-state index in [9.17, 15) is 9.18 Å². The second kappa shape index (κ2) is 6.22. The van der Waals surface area contributed by atoms with Crippen LogP contribution in [0.4, 0.5) is 10.1 Å². The predicted molar refractivity (Wildman–Crippen MR) is 82.3 cm³/mol. The van der Waals surface area contributed by atoms with Crippen molar-refractivity contribution in [3.63, 3.8) is 0 Å². The van der Waals surface area contributed by atoms with Crippen LogP contribution in [-0.4, -0.2) is 19.0 Å². The number of rotatable bonds is 4. The van der Waals surface area contributed by atoms with Crippen molar-refractivity contribution in [1.82, 2.24) is 5.32 Å². The monoisotopic (exact) mass is 342 g/mol. The summed E-state index contributed by atoms with van der Waals surface area (Å²) in [5.74, 6) is -0.367. The van der Waals surface area contributed by atoms with Crippen molar-refractivity contribution in [2.24, 2.45) is 5.41 Å². The Morgan fingerprint density at radius 2 is 2.30 bits per heavy atom. The third-order valence-electron chi connectivity index (χ3n) is 3.97. The molecular weight excluding hydrogens is 323 g/mol. The van der Waals surface area contributed by atoms with Gasteiger partial charge in [0.1, 0.15) is 5.82 Å². The van der Waals surface area contributed by atoms with E-state index in [1.165, 1.54) is 6.07 Å². The average Bonchev–Trinajstić information content (AvgIpc) is 2.86. The van der Waals surface area contributed by atoms with Crippen LogP contribution >= 0.6 is 15.9 Å². The minimum absolute atomic E-state index is 0.00540. The van der Waals surface area contributed by atoms with Crippen molar-refractivity contribution in [2.75, 3.05) is 18.4 Å². The number of benzene rings is 1. The number of aryl methyl sites for hydroxylation is 1. The van der Waals surface area contributed by atoms with Crippen molar-refractivity contribution in [3.05, 3.63) is 28.0 Å². The number of carbonyl (C=O) groups excluding carboxylic acids is 1. The molecule has 0 spiro atoms. The van der Waals surface area contributed by atoms with E-state index >= 15 is 0 Å². The average molecular weight is 343 g/mol. The molecule has 0 aliphatic carbocycles. The van der Waals surface area contributed by atoms with Gasteiger partial charge in [-0.15, -0.1) is 0 Å². The van der Waals surface area contributed by atoms with Gasteiger partial charge < -0.3 is 10.6 Å². The smallest absolute Gasteiger partial charge is 0.231 e. The van der Waals surface area contributed by atoms with E-state index in [0.717, 1.165) is 31.4 Å². The topological polar surface area (TPSA) is 41.1 Å². The van der Waals surface area contributed by atoms with Gasteiger partial charge in [-0.3, -0.25) is 4.79 Å². The molecule has 0 aromatic heterocycles. The number of hydrogen-bond acceptors (Lipinski definition) is 2. The Morgan fingerprint density at radius 1 is 1.55 bits per heavy atom. The number of nitrogens with one attached hydrogen (secondary N) is 2. The Kier molecular flexibility index (Phi) is 4.81. The molecule has 1 aliphatic heterocycles. The van der Waals surface area contributed by atoms with Crippen molar-refractivity contribution >= 4 is 27.5 Å². The summed E-state index contributed by atoms with van der Waals surface area (Å²) in [6, 6.07) is 3.06. The summed E-state index contributed by atoms with van der Waals surface area (Å²) in [5, 5.41) is 6.16. The Hall–Kier alpha value is -0.940. The van der Waals surface area contributed by atoms with E-state index in [0.29, 0.717) is 16.7 Å². The van der Waals surface area contributed by atoms with Crippen LogP contribution in [0.3, 0.4) is 0 Å². The van der Waals surface area contributed by atoms with Gasteiger partial charge >= 0.3 is 0 Å². The number of anilines is 1. The molecule has 5 heteroatoms. The van der Waals surface area contributed by atoms with Crippen LogP contribution in [0.5, 0.6) is 0 Å². The minimum Gasteiger partial charge on any atom is -0.325 e. The molecule has 20 heavy (non-hydrogen) atoms. The summed E-state index contributed by atoms with van der Waals surface area (Å²) in [7, 11) is 0. The maximum absolute atomic E-state index is 13.6. The maximum atomic E-state index is 13.6. The Balaban J connectivity index is 2.20. The molecule has 1 unspecified atom stereocenters. The molecule has 1 amide bonds. The fraction of sp³-hybridized carbons (Fsp3) is 0.533. The van der Waals surface area contributed by atoms with E-state index in [-0.39, 0.29) is 17.1 Å². The maximum Gasteiger partial charge on any atom is 0.231 e. The molecule has 0 bridgehead atoms. The summed E-state index contributed by atoms with van der Waals surface area (Å²) in [4.78, 5) is 12.6. The molecule has 2 rings (SSSR count). The molecule has 2 N–H and O–H groups in total. The lowest BCUT2D eigenvalue weighted by molar-refractivity contribution is -0.125. The fourth-order valence-electron chi connectivity index (χ4n) is 2.78. The molecule has 110 valence electrons. The van der Waals surface area contributed by atoms with Crippen LogP contribution in [0.25, 0.3) is 0 Å². The van der Waals surface area contributed by atoms with Gasteiger partial charge in [-0.25, -0.2) is 4.39 Å². The quantitative estimate of drug-likeness (QED) is 0.877. The van der Waals surface area contributed by atoms with Gasteiger partial charge in [0.15, 0.2) is 0 Å². The molecule has 1 atom stereocenters. The van der Waals surface area contributed by atoms with Crippen molar-refractivity contribution in [1.29, 1.82) is 0 Å². The van der Waals surface area contributed by atoms with Crippen LogP contribution in [0, 0.1) is 18.2 Å². The zero-order valence-corrected chi connectivity index (χ0v) is 13.4. The highest BCUT2D eigenvalue weighted by molar-refractivity contribution is 9.10. The molecule has 1 heterocycles. The second-order valence-corrected chi connectivity index (χ2v) is 6.35. The first-order valence-corrected chi connectivity index (χ1v) is 7.75. The van der Waals surface area contributed by atoms with Crippen molar-refractivity contribution in [3.8, 4) is 0 Å². The Labute approximate surface area is 127 Å². The highest BCUT2D eigenvalue weighted by Crippen LogP contribution is 2.33. The van der Waals surface area contributed by atoms with E-state index in [1.807, 2.05) is 6.92 Å². The highest BCUT2D eigenvalue weighted by Gasteiger charge is 2.40. The van der Waals surface area contributed by atoms with Crippen LogP contribution in [0.15, 0.2) is 16.6 Å². The highest BCUT2D eigenvalue weighted by atomic mass is 79.9. The van der Waals surface area contributed by atoms with Crippen molar-refractivity contribution in [2.45, 2.75) is 33.1 Å². The lowest BCUT2D eigenvalue weighted by Crippen LogP contribution is -2.38. The first-order valence-electron chi connectivity index (χ1n) is 6.96. The van der Waals surface area contributed by atoms with Gasteiger partial charge in [-0.1, -0.05) is 13.3 Å². The first kappa shape index (κ1) is 15.4.